The number of dihydropyridines is 1. The summed E-state index contributed by atoms with van der Waals surface area (Å²) in [5.74, 6) is -1.51. The van der Waals surface area contributed by atoms with E-state index in [1.165, 1.54) is 11.8 Å². The number of carbonyl (C=O) groups excluding carboxylic acids is 1. The van der Waals surface area contributed by atoms with Crippen molar-refractivity contribution in [3.05, 3.63) is 36.3 Å². The molecular weight excluding hydrogens is 296 g/mol. The van der Waals surface area contributed by atoms with Gasteiger partial charge in [0.05, 0.1) is 17.7 Å². The van der Waals surface area contributed by atoms with Gasteiger partial charge in [0.15, 0.2) is 0 Å². The smallest absolute Gasteiger partial charge is 0.326 e. The number of aromatic nitrogens is 2. The third kappa shape index (κ3) is 1.82. The van der Waals surface area contributed by atoms with Gasteiger partial charge in [-0.2, -0.15) is 5.10 Å². The lowest BCUT2D eigenvalue weighted by Crippen LogP contribution is -2.43. The Kier molecular flexibility index (Phi) is 2.67. The highest BCUT2D eigenvalue weighted by Crippen LogP contribution is 2.60. The zero-order valence-corrected chi connectivity index (χ0v) is 12.7. The summed E-state index contributed by atoms with van der Waals surface area (Å²) in [6, 6.07) is -0.871. The zero-order valence-electron chi connectivity index (χ0n) is 12.7. The molecule has 7 heteroatoms. The first-order valence-corrected chi connectivity index (χ1v) is 7.44. The molecule has 0 bridgehead atoms. The van der Waals surface area contributed by atoms with Crippen LogP contribution in [0, 0.1) is 11.8 Å². The van der Waals surface area contributed by atoms with Crippen molar-refractivity contribution in [2.75, 3.05) is 0 Å². The van der Waals surface area contributed by atoms with E-state index in [1.54, 1.807) is 23.3 Å². The number of aliphatic imine (C=N–C) groups is 1. The second-order valence-corrected chi connectivity index (χ2v) is 6.25. The lowest BCUT2D eigenvalue weighted by Gasteiger charge is -2.27. The van der Waals surface area contributed by atoms with Gasteiger partial charge in [0.1, 0.15) is 6.04 Å². The quantitative estimate of drug-likeness (QED) is 0.890. The van der Waals surface area contributed by atoms with Crippen LogP contribution in [0.3, 0.4) is 0 Å². The molecule has 7 nitrogen and oxygen atoms in total. The average Bonchev–Trinajstić information content (AvgIpc) is 3.01. The summed E-state index contributed by atoms with van der Waals surface area (Å²) in [6.45, 7) is 1.51. The number of hydrogen-bond acceptors (Lipinski definition) is 4. The van der Waals surface area contributed by atoms with Crippen molar-refractivity contribution in [2.24, 2.45) is 23.9 Å². The van der Waals surface area contributed by atoms with Crippen LogP contribution in [0.4, 0.5) is 0 Å². The topological polar surface area (TPSA) is 87.8 Å². The largest absolute Gasteiger partial charge is 0.480 e. The maximum Gasteiger partial charge on any atom is 0.326 e. The summed E-state index contributed by atoms with van der Waals surface area (Å²) >= 11 is 0. The van der Waals surface area contributed by atoms with Crippen LogP contribution in [0.15, 0.2) is 35.7 Å². The van der Waals surface area contributed by atoms with Gasteiger partial charge >= 0.3 is 5.97 Å². The van der Waals surface area contributed by atoms with Gasteiger partial charge in [0, 0.05) is 37.1 Å². The Bertz CT molecular complexity index is 806. The molecule has 1 spiro atoms. The lowest BCUT2D eigenvalue weighted by atomic mass is 10.0. The molecule has 4 atom stereocenters. The number of hydrogen-bond donors (Lipinski definition) is 1. The molecule has 0 radical (unpaired) electrons. The molecule has 1 N–H and O–H groups in total. The first-order valence-electron chi connectivity index (χ1n) is 7.44. The van der Waals surface area contributed by atoms with Crippen LogP contribution in [-0.4, -0.2) is 49.5 Å². The van der Waals surface area contributed by atoms with Gasteiger partial charge in [-0.15, -0.1) is 0 Å². The Morgan fingerprint density at radius 2 is 2.26 bits per heavy atom. The van der Waals surface area contributed by atoms with Crippen molar-refractivity contribution in [1.29, 1.82) is 0 Å². The Hall–Kier alpha value is -2.70. The van der Waals surface area contributed by atoms with Crippen LogP contribution in [0.1, 0.15) is 12.5 Å². The van der Waals surface area contributed by atoms with Gasteiger partial charge in [0.2, 0.25) is 5.91 Å². The van der Waals surface area contributed by atoms with Gasteiger partial charge in [-0.3, -0.25) is 14.5 Å². The lowest BCUT2D eigenvalue weighted by molar-refractivity contribution is -0.148. The van der Waals surface area contributed by atoms with Crippen molar-refractivity contribution in [1.82, 2.24) is 14.7 Å². The number of carboxylic acids is 1. The molecule has 23 heavy (non-hydrogen) atoms. The van der Waals surface area contributed by atoms with Gasteiger partial charge < -0.3 is 10.0 Å². The van der Waals surface area contributed by atoms with Crippen molar-refractivity contribution in [3.63, 3.8) is 0 Å². The van der Waals surface area contributed by atoms with Gasteiger partial charge in [-0.1, -0.05) is 6.08 Å². The number of aryl methyl sites for hydroxylation is 1. The fourth-order valence-electron chi connectivity index (χ4n) is 3.46. The molecule has 3 heterocycles. The van der Waals surface area contributed by atoms with E-state index in [0.29, 0.717) is 0 Å². The molecule has 2 aliphatic heterocycles. The second-order valence-electron chi connectivity index (χ2n) is 6.25. The summed E-state index contributed by atoms with van der Waals surface area (Å²) < 4.78 is 1.72. The predicted octanol–water partition coefficient (Wildman–Crippen LogP) is 0.702. The molecule has 0 saturated heterocycles. The normalized spacial score (nSPS) is 32.2. The summed E-state index contributed by atoms with van der Waals surface area (Å²) in [5.41, 5.74) is 1.39. The zero-order chi connectivity index (χ0) is 16.4. The van der Waals surface area contributed by atoms with E-state index in [1.807, 2.05) is 25.4 Å². The number of rotatable bonds is 3. The molecule has 1 aliphatic carbocycles. The van der Waals surface area contributed by atoms with Crippen molar-refractivity contribution in [2.45, 2.75) is 18.5 Å². The monoisotopic (exact) mass is 312 g/mol. The number of nitrogens with zero attached hydrogens (tertiary/aromatic N) is 4. The standard InChI is InChI=1S/C16H16N4O3/c1-9(15(22)23)20-4-3-16-12(13(16)14(20)21)5-10(6-17-16)11-7-18-19(2)8-11/h3-9,12-13H,1-2H3,(H,22,23). The Balaban J connectivity index is 1.64. The first-order chi connectivity index (χ1) is 10.9. The van der Waals surface area contributed by atoms with Gasteiger partial charge in [-0.05, 0) is 18.6 Å². The van der Waals surface area contributed by atoms with Gasteiger partial charge in [0.25, 0.3) is 0 Å². The van der Waals surface area contributed by atoms with E-state index >= 15 is 0 Å². The van der Waals surface area contributed by atoms with Crippen LogP contribution in [0.2, 0.25) is 0 Å². The summed E-state index contributed by atoms with van der Waals surface area (Å²) in [6.07, 6.45) is 10.9. The van der Waals surface area contributed by atoms with E-state index in [-0.39, 0.29) is 17.7 Å². The van der Waals surface area contributed by atoms with Crippen LogP contribution < -0.4 is 0 Å². The minimum atomic E-state index is -1.02. The fourth-order valence-corrected chi connectivity index (χ4v) is 3.46. The maximum absolute atomic E-state index is 12.6. The SMILES string of the molecule is CC(C(=O)O)N1C=CC23N=CC(c4cnn(C)c4)=CC2C3C1=O. The highest BCUT2D eigenvalue weighted by atomic mass is 16.4. The highest BCUT2D eigenvalue weighted by Gasteiger charge is 2.69. The van der Waals surface area contributed by atoms with Gasteiger partial charge in [-0.25, -0.2) is 4.79 Å². The number of carbonyl (C=O) groups is 2. The first kappa shape index (κ1) is 13.9. The van der Waals surface area contributed by atoms with Crippen LogP contribution in [0.25, 0.3) is 5.57 Å². The third-order valence-corrected chi connectivity index (χ3v) is 4.90. The molecule has 4 unspecified atom stereocenters. The fraction of sp³-hybridized carbons (Fsp3) is 0.375. The van der Waals surface area contributed by atoms with Crippen LogP contribution in [0.5, 0.6) is 0 Å². The van der Waals surface area contributed by atoms with E-state index in [9.17, 15) is 9.59 Å². The van der Waals surface area contributed by atoms with E-state index in [2.05, 4.69) is 10.1 Å². The molecule has 1 amide bonds. The Morgan fingerprint density at radius 3 is 2.91 bits per heavy atom. The van der Waals surface area contributed by atoms with E-state index in [0.717, 1.165) is 11.1 Å². The number of aliphatic carboxylic acids is 1. The van der Waals surface area contributed by atoms with E-state index < -0.39 is 17.6 Å². The summed E-state index contributed by atoms with van der Waals surface area (Å²) in [4.78, 5) is 29.6. The molecule has 3 aliphatic rings. The van der Waals surface area contributed by atoms with Crippen molar-refractivity contribution < 1.29 is 14.7 Å². The predicted molar refractivity (Wildman–Crippen MR) is 82.5 cm³/mol. The summed E-state index contributed by atoms with van der Waals surface area (Å²) in [5, 5.41) is 13.3. The number of amides is 1. The molecule has 0 aromatic carbocycles. The molecule has 118 valence electrons. The number of fused-ring (bicyclic) bond motifs is 1. The molecule has 1 aromatic rings. The van der Waals surface area contributed by atoms with Crippen LogP contribution >= 0.6 is 0 Å². The maximum atomic E-state index is 12.6. The summed E-state index contributed by atoms with van der Waals surface area (Å²) in [7, 11) is 1.85. The molecule has 1 fully saturated rings. The Morgan fingerprint density at radius 1 is 1.48 bits per heavy atom. The van der Waals surface area contributed by atoms with Crippen molar-refractivity contribution >= 4 is 23.7 Å². The molecular formula is C16H16N4O3. The molecule has 4 rings (SSSR count). The minimum Gasteiger partial charge on any atom is -0.480 e. The molecule has 1 aromatic heterocycles. The highest BCUT2D eigenvalue weighted by molar-refractivity contribution is 6.12. The van der Waals surface area contributed by atoms with Crippen LogP contribution in [-0.2, 0) is 16.6 Å². The third-order valence-electron chi connectivity index (χ3n) is 4.90. The second kappa shape index (κ2) is 4.41. The molecule has 1 saturated carbocycles. The average molecular weight is 312 g/mol. The number of carboxylic acid groups (broad SMARTS) is 1. The van der Waals surface area contributed by atoms with E-state index in [4.69, 9.17) is 5.11 Å². The van der Waals surface area contributed by atoms with Crippen molar-refractivity contribution in [3.8, 4) is 0 Å². The minimum absolute atomic E-state index is 0.0162. The number of allylic oxidation sites excluding steroid dienone is 1. The Labute approximate surface area is 132 Å².